The first-order valence-corrected chi connectivity index (χ1v) is 10.4. The first-order valence-electron chi connectivity index (χ1n) is 10.0. The quantitative estimate of drug-likeness (QED) is 0.576. The molecule has 3 aromatic rings. The second-order valence-corrected chi connectivity index (χ2v) is 7.59. The zero-order valence-electron chi connectivity index (χ0n) is 17.1. The summed E-state index contributed by atoms with van der Waals surface area (Å²) in [5, 5.41) is 3.45. The summed E-state index contributed by atoms with van der Waals surface area (Å²) in [5.74, 6) is 1.50. The van der Waals surface area contributed by atoms with Crippen LogP contribution in [0.1, 0.15) is 25.2 Å². The Kier molecular flexibility index (Phi) is 6.23. The highest BCUT2D eigenvalue weighted by molar-refractivity contribution is 6.33. The number of rotatable bonds is 7. The van der Waals surface area contributed by atoms with Crippen LogP contribution in [0.5, 0.6) is 5.75 Å². The van der Waals surface area contributed by atoms with Gasteiger partial charge in [-0.2, -0.15) is 0 Å². The molecule has 1 N–H and O–H groups in total. The Bertz CT molecular complexity index is 1110. The summed E-state index contributed by atoms with van der Waals surface area (Å²) in [6, 6.07) is 12.6. The van der Waals surface area contributed by atoms with E-state index in [0.717, 1.165) is 12.0 Å². The summed E-state index contributed by atoms with van der Waals surface area (Å²) >= 11 is 6.19. The minimum atomic E-state index is -0.179. The van der Waals surface area contributed by atoms with Crippen molar-refractivity contribution in [1.29, 1.82) is 0 Å². The normalized spacial score (nSPS) is 13.5. The summed E-state index contributed by atoms with van der Waals surface area (Å²) < 4.78 is 11.1. The number of carbonyl (C=O) groups excluding carboxylic acids is 2. The van der Waals surface area contributed by atoms with Gasteiger partial charge >= 0.3 is 0 Å². The molecule has 1 aromatic heterocycles. The van der Waals surface area contributed by atoms with Crippen LogP contribution >= 0.6 is 11.6 Å². The number of carbonyl (C=O) groups is 2. The average Bonchev–Trinajstić information content (AvgIpc) is 3.41. The minimum absolute atomic E-state index is 0.0555. The SMILES string of the molecule is COc1ccc(NC(=O)CCc2ncc(-c3ccccc3Cl)o2)cc1N1CCCC1=O. The van der Waals surface area contributed by atoms with E-state index in [1.165, 1.54) is 0 Å². The van der Waals surface area contributed by atoms with Gasteiger partial charge in [0.1, 0.15) is 5.75 Å². The molecule has 31 heavy (non-hydrogen) atoms. The van der Waals surface area contributed by atoms with Crippen molar-refractivity contribution in [3.8, 4) is 17.1 Å². The largest absolute Gasteiger partial charge is 0.495 e. The molecule has 0 radical (unpaired) electrons. The zero-order chi connectivity index (χ0) is 21.8. The van der Waals surface area contributed by atoms with E-state index in [-0.39, 0.29) is 18.2 Å². The lowest BCUT2D eigenvalue weighted by atomic mass is 10.2. The van der Waals surface area contributed by atoms with Gasteiger partial charge in [-0.3, -0.25) is 9.59 Å². The van der Waals surface area contributed by atoms with Crippen LogP contribution in [0.3, 0.4) is 0 Å². The van der Waals surface area contributed by atoms with Gasteiger partial charge in [0.15, 0.2) is 11.7 Å². The smallest absolute Gasteiger partial charge is 0.227 e. The van der Waals surface area contributed by atoms with Gasteiger partial charge in [-0.1, -0.05) is 23.7 Å². The third-order valence-electron chi connectivity index (χ3n) is 5.09. The second kappa shape index (κ2) is 9.22. The molecule has 8 heteroatoms. The Morgan fingerprint density at radius 1 is 1.29 bits per heavy atom. The number of aromatic nitrogens is 1. The van der Waals surface area contributed by atoms with E-state index >= 15 is 0 Å². The maximum Gasteiger partial charge on any atom is 0.227 e. The zero-order valence-corrected chi connectivity index (χ0v) is 17.8. The molecule has 0 aliphatic carbocycles. The van der Waals surface area contributed by atoms with Crippen LogP contribution in [0.25, 0.3) is 11.3 Å². The first-order chi connectivity index (χ1) is 15.0. The maximum atomic E-state index is 12.5. The number of oxazole rings is 1. The summed E-state index contributed by atoms with van der Waals surface area (Å²) in [4.78, 5) is 30.5. The van der Waals surface area contributed by atoms with E-state index in [2.05, 4.69) is 10.3 Å². The summed E-state index contributed by atoms with van der Waals surface area (Å²) in [6.45, 7) is 0.643. The number of amides is 2. The van der Waals surface area contributed by atoms with Crippen LogP contribution < -0.4 is 15.0 Å². The molecule has 0 atom stereocenters. The van der Waals surface area contributed by atoms with Crippen LogP contribution in [0, 0.1) is 0 Å². The highest BCUT2D eigenvalue weighted by Crippen LogP contribution is 2.34. The lowest BCUT2D eigenvalue weighted by molar-refractivity contribution is -0.117. The number of methoxy groups -OCH3 is 1. The maximum absolute atomic E-state index is 12.5. The number of nitrogens with one attached hydrogen (secondary N) is 1. The van der Waals surface area contributed by atoms with Gasteiger partial charge in [-0.25, -0.2) is 4.98 Å². The van der Waals surface area contributed by atoms with Crippen molar-refractivity contribution in [2.75, 3.05) is 23.9 Å². The number of halogens is 1. The molecule has 160 valence electrons. The van der Waals surface area contributed by atoms with Gasteiger partial charge in [0, 0.05) is 37.1 Å². The fourth-order valence-electron chi connectivity index (χ4n) is 3.54. The molecule has 1 saturated heterocycles. The molecular weight excluding hydrogens is 418 g/mol. The molecule has 7 nitrogen and oxygen atoms in total. The fourth-order valence-corrected chi connectivity index (χ4v) is 3.77. The van der Waals surface area contributed by atoms with Gasteiger partial charge in [0.25, 0.3) is 0 Å². The molecular formula is C23H22ClN3O4. The number of hydrogen-bond acceptors (Lipinski definition) is 5. The van der Waals surface area contributed by atoms with Gasteiger partial charge in [0.2, 0.25) is 11.8 Å². The molecule has 1 fully saturated rings. The molecule has 2 heterocycles. The molecule has 0 bridgehead atoms. The summed E-state index contributed by atoms with van der Waals surface area (Å²) in [7, 11) is 1.56. The number of hydrogen-bond donors (Lipinski definition) is 1. The van der Waals surface area contributed by atoms with Crippen molar-refractivity contribution < 1.29 is 18.7 Å². The van der Waals surface area contributed by atoms with Gasteiger partial charge < -0.3 is 19.4 Å². The van der Waals surface area contributed by atoms with Gasteiger partial charge in [-0.05, 0) is 36.8 Å². The summed E-state index contributed by atoms with van der Waals surface area (Å²) in [6.07, 6.45) is 3.49. The van der Waals surface area contributed by atoms with Gasteiger partial charge in [0.05, 0.1) is 24.0 Å². The van der Waals surface area contributed by atoms with E-state index in [9.17, 15) is 9.59 Å². The van der Waals surface area contributed by atoms with E-state index in [4.69, 9.17) is 20.8 Å². The van der Waals surface area contributed by atoms with Crippen LogP contribution in [0.15, 0.2) is 53.1 Å². The average molecular weight is 440 g/mol. The molecule has 0 unspecified atom stereocenters. The van der Waals surface area contributed by atoms with Crippen molar-refractivity contribution in [2.45, 2.75) is 25.7 Å². The van der Waals surface area contributed by atoms with Crippen LogP contribution in [0.4, 0.5) is 11.4 Å². The van der Waals surface area contributed by atoms with Crippen molar-refractivity contribution in [2.24, 2.45) is 0 Å². The van der Waals surface area contributed by atoms with E-state index < -0.39 is 0 Å². The Morgan fingerprint density at radius 3 is 2.87 bits per heavy atom. The number of aryl methyl sites for hydroxylation is 1. The van der Waals surface area contributed by atoms with E-state index in [1.54, 1.807) is 42.5 Å². The molecule has 2 amide bonds. The standard InChI is InChI=1S/C23H22ClN3O4/c1-30-19-9-8-15(13-18(19)27-12-4-7-23(27)29)26-21(28)10-11-22-25-14-20(31-22)16-5-2-3-6-17(16)24/h2-3,5-6,8-9,13-14H,4,7,10-12H2,1H3,(H,26,28). The molecule has 1 aliphatic rings. The minimum Gasteiger partial charge on any atom is -0.495 e. The van der Waals surface area contributed by atoms with Crippen LogP contribution in [-0.4, -0.2) is 30.5 Å². The monoisotopic (exact) mass is 439 g/mol. The molecule has 0 spiro atoms. The van der Waals surface area contributed by atoms with E-state index in [0.29, 0.717) is 53.2 Å². The van der Waals surface area contributed by atoms with Crippen molar-refractivity contribution in [1.82, 2.24) is 4.98 Å². The number of benzene rings is 2. The number of nitrogens with zero attached hydrogens (tertiary/aromatic N) is 2. The number of ether oxygens (including phenoxy) is 1. The molecule has 0 saturated carbocycles. The Hall–Kier alpha value is -3.32. The Balaban J connectivity index is 1.39. The number of anilines is 2. The predicted molar refractivity (Wildman–Crippen MR) is 118 cm³/mol. The topological polar surface area (TPSA) is 84.7 Å². The molecule has 1 aliphatic heterocycles. The highest BCUT2D eigenvalue weighted by atomic mass is 35.5. The third kappa shape index (κ3) is 4.72. The predicted octanol–water partition coefficient (Wildman–Crippen LogP) is 4.70. The third-order valence-corrected chi connectivity index (χ3v) is 5.42. The van der Waals surface area contributed by atoms with Crippen LogP contribution in [0.2, 0.25) is 5.02 Å². The lowest BCUT2D eigenvalue weighted by Gasteiger charge is -2.20. The highest BCUT2D eigenvalue weighted by Gasteiger charge is 2.25. The lowest BCUT2D eigenvalue weighted by Crippen LogP contribution is -2.24. The second-order valence-electron chi connectivity index (χ2n) is 7.18. The van der Waals surface area contributed by atoms with Gasteiger partial charge in [-0.15, -0.1) is 0 Å². The molecule has 4 rings (SSSR count). The van der Waals surface area contributed by atoms with Crippen molar-refractivity contribution >= 4 is 34.8 Å². The first kappa shape index (κ1) is 20.9. The fraction of sp³-hybridized carbons (Fsp3) is 0.261. The Labute approximate surface area is 185 Å². The Morgan fingerprint density at radius 2 is 2.13 bits per heavy atom. The summed E-state index contributed by atoms with van der Waals surface area (Å²) in [5.41, 5.74) is 2.03. The van der Waals surface area contributed by atoms with Crippen LogP contribution in [-0.2, 0) is 16.0 Å². The van der Waals surface area contributed by atoms with Crippen molar-refractivity contribution in [3.63, 3.8) is 0 Å². The van der Waals surface area contributed by atoms with E-state index in [1.807, 2.05) is 18.2 Å². The molecule has 2 aromatic carbocycles. The van der Waals surface area contributed by atoms with Crippen molar-refractivity contribution in [3.05, 3.63) is 59.6 Å².